The summed E-state index contributed by atoms with van der Waals surface area (Å²) in [7, 11) is 0. The van der Waals surface area contributed by atoms with Crippen molar-refractivity contribution < 1.29 is 27.6 Å². The van der Waals surface area contributed by atoms with Gasteiger partial charge in [-0.15, -0.1) is 0 Å². The van der Waals surface area contributed by atoms with Crippen LogP contribution in [0.15, 0.2) is 97.2 Å². The summed E-state index contributed by atoms with van der Waals surface area (Å²) in [6, 6.07) is 19.6. The number of halogens is 3. The maximum atomic E-state index is 14.3. The Kier molecular flexibility index (Phi) is 9.18. The van der Waals surface area contributed by atoms with Crippen molar-refractivity contribution in [1.82, 2.24) is 25.3 Å². The van der Waals surface area contributed by atoms with Crippen LogP contribution in [-0.4, -0.2) is 64.6 Å². The second kappa shape index (κ2) is 13.5. The second-order valence-corrected chi connectivity index (χ2v) is 11.9. The number of likely N-dealkylation sites (tertiary alicyclic amines) is 1. The van der Waals surface area contributed by atoms with Crippen molar-refractivity contribution in [3.05, 3.63) is 125 Å². The number of rotatable bonds is 10. The fourth-order valence-corrected chi connectivity index (χ4v) is 6.17. The fourth-order valence-electron chi connectivity index (χ4n) is 6.17. The van der Waals surface area contributed by atoms with E-state index in [0.29, 0.717) is 29.1 Å². The quantitative estimate of drug-likeness (QED) is 0.233. The maximum Gasteiger partial charge on any atom is 0.416 e. The Hall–Kier alpha value is -5.23. The summed E-state index contributed by atoms with van der Waals surface area (Å²) < 4.78 is 42.1. The van der Waals surface area contributed by atoms with Crippen LogP contribution in [0.5, 0.6) is 0 Å². The van der Waals surface area contributed by atoms with Gasteiger partial charge in [0.1, 0.15) is 11.9 Å². The van der Waals surface area contributed by atoms with Crippen molar-refractivity contribution in [2.24, 2.45) is 0 Å². The van der Waals surface area contributed by atoms with E-state index in [4.69, 9.17) is 0 Å². The molecule has 0 unspecified atom stereocenters. The van der Waals surface area contributed by atoms with E-state index in [1.807, 2.05) is 48.5 Å². The van der Waals surface area contributed by atoms with E-state index in [1.165, 1.54) is 11.0 Å². The monoisotopic (exact) mass is 656 g/mol. The second-order valence-electron chi connectivity index (χ2n) is 11.9. The lowest BCUT2D eigenvalue weighted by molar-refractivity contribution is -0.137. The molecule has 0 saturated carbocycles. The number of fused-ring (bicyclic) bond motifs is 1. The smallest absolute Gasteiger partial charge is 0.348 e. The predicted molar refractivity (Wildman–Crippen MR) is 175 cm³/mol. The number of benzene rings is 3. The van der Waals surface area contributed by atoms with E-state index in [2.05, 4.69) is 27.2 Å². The first-order valence-electron chi connectivity index (χ1n) is 15.7. The number of amides is 3. The van der Waals surface area contributed by atoms with Crippen LogP contribution >= 0.6 is 0 Å². The topological polar surface area (TPSA) is 99.6 Å². The molecule has 2 atom stereocenters. The summed E-state index contributed by atoms with van der Waals surface area (Å²) in [6.45, 7) is 8.57. The van der Waals surface area contributed by atoms with Crippen molar-refractivity contribution in [3.8, 4) is 5.69 Å². The van der Waals surface area contributed by atoms with Crippen LogP contribution in [0.3, 0.4) is 0 Å². The maximum absolute atomic E-state index is 14.3. The molecule has 4 aromatic rings. The highest BCUT2D eigenvalue weighted by molar-refractivity contribution is 6.05. The van der Waals surface area contributed by atoms with Crippen LogP contribution in [0.2, 0.25) is 0 Å². The van der Waals surface area contributed by atoms with E-state index < -0.39 is 35.5 Å². The van der Waals surface area contributed by atoms with Gasteiger partial charge in [-0.25, -0.2) is 4.68 Å². The molecule has 1 aromatic heterocycles. The van der Waals surface area contributed by atoms with E-state index in [1.54, 1.807) is 23.9 Å². The van der Waals surface area contributed by atoms with Crippen LogP contribution in [0.1, 0.15) is 51.9 Å². The van der Waals surface area contributed by atoms with Gasteiger partial charge in [-0.2, -0.15) is 18.3 Å². The Morgan fingerprint density at radius 3 is 2.44 bits per heavy atom. The highest BCUT2D eigenvalue weighted by Crippen LogP contribution is 2.41. The van der Waals surface area contributed by atoms with Crippen LogP contribution in [0.4, 0.5) is 19.0 Å². The lowest BCUT2D eigenvalue weighted by Crippen LogP contribution is -2.55. The van der Waals surface area contributed by atoms with Gasteiger partial charge in [0.25, 0.3) is 11.8 Å². The molecule has 6 rings (SSSR count). The molecule has 0 radical (unpaired) electrons. The first-order valence-corrected chi connectivity index (χ1v) is 15.7. The molecule has 2 aliphatic heterocycles. The molecule has 3 aromatic carbocycles. The van der Waals surface area contributed by atoms with Gasteiger partial charge in [0.15, 0.2) is 0 Å². The molecular weight excluding hydrogens is 621 g/mol. The Morgan fingerprint density at radius 2 is 1.75 bits per heavy atom. The van der Waals surface area contributed by atoms with E-state index in [9.17, 15) is 27.6 Å². The summed E-state index contributed by atoms with van der Waals surface area (Å²) in [5.41, 5.74) is 2.07. The lowest BCUT2D eigenvalue weighted by Gasteiger charge is -2.38. The summed E-state index contributed by atoms with van der Waals surface area (Å²) in [4.78, 5) is 44.3. The number of anilines is 1. The van der Waals surface area contributed by atoms with Crippen molar-refractivity contribution >= 4 is 23.5 Å². The molecule has 2 N–H and O–H groups in total. The van der Waals surface area contributed by atoms with Crippen molar-refractivity contribution in [1.29, 1.82) is 0 Å². The number of alkyl halides is 3. The number of likely N-dealkylation sites (N-methyl/N-ethyl adjacent to an activating group) is 1. The molecule has 9 nitrogen and oxygen atoms in total. The van der Waals surface area contributed by atoms with Gasteiger partial charge < -0.3 is 10.6 Å². The first kappa shape index (κ1) is 32.7. The van der Waals surface area contributed by atoms with Gasteiger partial charge in [0, 0.05) is 42.3 Å². The van der Waals surface area contributed by atoms with Crippen LogP contribution in [-0.2, 0) is 22.3 Å². The number of hydrogen-bond donors (Lipinski definition) is 2. The van der Waals surface area contributed by atoms with Gasteiger partial charge in [0.05, 0.1) is 17.4 Å². The van der Waals surface area contributed by atoms with Crippen LogP contribution < -0.4 is 15.5 Å². The molecule has 1 fully saturated rings. The Balaban J connectivity index is 1.36. The minimum Gasteiger partial charge on any atom is -0.348 e. The molecule has 3 heterocycles. The first-order chi connectivity index (χ1) is 23.0. The number of aromatic nitrogens is 2. The largest absolute Gasteiger partial charge is 0.416 e. The van der Waals surface area contributed by atoms with Crippen molar-refractivity contribution in [3.63, 3.8) is 0 Å². The van der Waals surface area contributed by atoms with E-state index >= 15 is 0 Å². The predicted octanol–water partition coefficient (Wildman–Crippen LogP) is 5.07. The number of para-hydroxylation sites is 1. The molecule has 3 amide bonds. The van der Waals surface area contributed by atoms with Crippen LogP contribution in [0, 0.1) is 0 Å². The third-order valence-corrected chi connectivity index (χ3v) is 8.73. The molecule has 2 aliphatic rings. The summed E-state index contributed by atoms with van der Waals surface area (Å²) >= 11 is 0. The fraction of sp³-hybridized carbons (Fsp3) is 0.278. The highest BCUT2D eigenvalue weighted by atomic mass is 19.4. The molecule has 248 valence electrons. The normalized spacial score (nSPS) is 17.8. The van der Waals surface area contributed by atoms with Crippen LogP contribution in [0.25, 0.3) is 5.69 Å². The minimum absolute atomic E-state index is 0.199. The third-order valence-electron chi connectivity index (χ3n) is 8.73. The molecule has 0 bridgehead atoms. The van der Waals surface area contributed by atoms with Gasteiger partial charge in [-0.05, 0) is 67.9 Å². The number of nitrogens with zero attached hydrogens (tertiary/aromatic N) is 4. The summed E-state index contributed by atoms with van der Waals surface area (Å²) in [5.74, 6) is -1.72. The van der Waals surface area contributed by atoms with Gasteiger partial charge in [-0.3, -0.25) is 24.2 Å². The SMILES string of the molecule is C=C(CN1CCC1)C(=O)NCc1cccc([C@@H]2c3cnn(-c4ccccc4)c3N(CC)C(=O)[C@H]2NC(=O)c2cccc(C(F)(F)F)c2)c1. The standard InChI is InChI=1S/C36H35F3N6O3/c1-3-44-34-29(21-41-45(34)28-14-5-4-6-15-28)30(31(35(44)48)42-33(47)26-12-8-13-27(19-26)36(37,38)39)25-11-7-10-24(18-25)20-40-32(46)23(2)22-43-16-9-17-43/h4-8,10-15,18-19,21,30-31H,2-3,9,16-17,20,22H2,1H3,(H,40,46)(H,42,47)/t30-,31+/m1/s1. The number of carbonyl (C=O) groups excluding carboxylic acids is 3. The van der Waals surface area contributed by atoms with Crippen molar-refractivity contribution in [2.75, 3.05) is 31.1 Å². The average Bonchev–Trinajstić information content (AvgIpc) is 3.50. The Bertz CT molecular complexity index is 1850. The zero-order valence-corrected chi connectivity index (χ0v) is 26.3. The average molecular weight is 657 g/mol. The zero-order valence-electron chi connectivity index (χ0n) is 26.3. The number of nitrogens with one attached hydrogen (secondary N) is 2. The number of carbonyl (C=O) groups is 3. The molecule has 0 spiro atoms. The zero-order chi connectivity index (χ0) is 34.0. The molecule has 1 saturated heterocycles. The summed E-state index contributed by atoms with van der Waals surface area (Å²) in [5, 5.41) is 10.3. The highest BCUT2D eigenvalue weighted by Gasteiger charge is 2.44. The number of hydrogen-bond acceptors (Lipinski definition) is 5. The molecule has 12 heteroatoms. The molecule has 0 aliphatic carbocycles. The van der Waals surface area contributed by atoms with Gasteiger partial charge >= 0.3 is 6.18 Å². The van der Waals surface area contributed by atoms with Gasteiger partial charge in [-0.1, -0.05) is 55.1 Å². The Labute approximate surface area is 276 Å². The minimum atomic E-state index is -4.64. The van der Waals surface area contributed by atoms with E-state index in [-0.39, 0.29) is 24.6 Å². The van der Waals surface area contributed by atoms with Crippen molar-refractivity contribution in [2.45, 2.75) is 38.0 Å². The van der Waals surface area contributed by atoms with Gasteiger partial charge in [0.2, 0.25) is 5.91 Å². The molecule has 48 heavy (non-hydrogen) atoms. The molecular formula is C36H35F3N6O3. The third kappa shape index (κ3) is 6.61. The summed E-state index contributed by atoms with van der Waals surface area (Å²) in [6.07, 6.45) is -1.88. The van der Waals surface area contributed by atoms with E-state index in [0.717, 1.165) is 49.0 Å². The Morgan fingerprint density at radius 1 is 1.00 bits per heavy atom. The lowest BCUT2D eigenvalue weighted by atomic mass is 9.81.